The Hall–Kier alpha value is -0.570. The van der Waals surface area contributed by atoms with Crippen molar-refractivity contribution in [1.82, 2.24) is 9.55 Å². The van der Waals surface area contributed by atoms with Gasteiger partial charge in [-0.25, -0.2) is 4.98 Å². The van der Waals surface area contributed by atoms with E-state index in [9.17, 15) is 0 Å². The minimum Gasteiger partial charge on any atom is -0.311 e. The van der Waals surface area contributed by atoms with Crippen molar-refractivity contribution in [2.75, 3.05) is 0 Å². The highest BCUT2D eigenvalue weighted by molar-refractivity contribution is 8.93. The lowest BCUT2D eigenvalue weighted by Crippen LogP contribution is -1.95. The molecule has 24 heavy (non-hydrogen) atoms. The summed E-state index contributed by atoms with van der Waals surface area (Å²) in [6, 6.07) is 0. The van der Waals surface area contributed by atoms with E-state index in [2.05, 4.69) is 18.5 Å². The van der Waals surface area contributed by atoms with Gasteiger partial charge in [0.05, 0.1) is 0 Å². The van der Waals surface area contributed by atoms with Gasteiger partial charge in [0.1, 0.15) is 5.82 Å². The second-order valence-electron chi connectivity index (χ2n) is 6.78. The van der Waals surface area contributed by atoms with Crippen LogP contribution in [-0.4, -0.2) is 9.55 Å². The molecule has 1 aromatic heterocycles. The molecular weight excluding hydrogens is 360 g/mol. The van der Waals surface area contributed by atoms with Crippen LogP contribution in [0.1, 0.15) is 103 Å². The molecule has 1 heterocycles. The molecule has 3 heteroatoms. The maximum absolute atomic E-state index is 4.38. The molecule has 0 bridgehead atoms. The monoisotopic (exact) mass is 398 g/mol. The van der Waals surface area contributed by atoms with E-state index in [0.29, 0.717) is 0 Å². The lowest BCUT2D eigenvalue weighted by atomic mass is 10.0. The van der Waals surface area contributed by atoms with Crippen LogP contribution in [0.3, 0.4) is 0 Å². The summed E-state index contributed by atoms with van der Waals surface area (Å²) >= 11 is 0. The first-order valence-corrected chi connectivity index (χ1v) is 10.0. The van der Waals surface area contributed by atoms with Gasteiger partial charge in [-0.15, -0.1) is 17.0 Å². The smallest absolute Gasteiger partial charge is 0.112 e. The van der Waals surface area contributed by atoms with Crippen LogP contribution in [-0.2, 0) is 6.42 Å². The molecule has 0 aliphatic carbocycles. The Labute approximate surface area is 160 Å². The second-order valence-corrected chi connectivity index (χ2v) is 6.78. The summed E-state index contributed by atoms with van der Waals surface area (Å²) in [6.07, 6.45) is 26.5. The summed E-state index contributed by atoms with van der Waals surface area (Å²) in [4.78, 5) is 4.38. The topological polar surface area (TPSA) is 17.8 Å². The van der Waals surface area contributed by atoms with Gasteiger partial charge in [0.2, 0.25) is 0 Å². The third-order valence-corrected chi connectivity index (χ3v) is 4.70. The molecule has 0 saturated heterocycles. The molecule has 0 amide bonds. The molecule has 1 rings (SSSR count). The van der Waals surface area contributed by atoms with Gasteiger partial charge in [-0.3, -0.25) is 0 Å². The average Bonchev–Trinajstić information content (AvgIpc) is 3.02. The number of hydrogen-bond donors (Lipinski definition) is 0. The number of nitrogens with zero attached hydrogens (tertiary/aromatic N) is 2. The standard InChI is InChI=1S/C21H38N2.BrH/c1-3-5-6-7-8-9-10-11-12-13-14-15-16-17-18-21-22-19-20-23(21)4-2;/h4,19-20H,2-3,5-18H2,1H3;1H. The molecule has 0 aromatic carbocycles. The average molecular weight is 399 g/mol. The van der Waals surface area contributed by atoms with Gasteiger partial charge < -0.3 is 4.57 Å². The molecule has 0 radical (unpaired) electrons. The van der Waals surface area contributed by atoms with Crippen LogP contribution < -0.4 is 0 Å². The van der Waals surface area contributed by atoms with E-state index >= 15 is 0 Å². The maximum atomic E-state index is 4.38. The van der Waals surface area contributed by atoms with Gasteiger partial charge in [0.25, 0.3) is 0 Å². The van der Waals surface area contributed by atoms with Crippen LogP contribution in [0, 0.1) is 0 Å². The van der Waals surface area contributed by atoms with E-state index in [1.54, 1.807) is 0 Å². The number of hydrogen-bond acceptors (Lipinski definition) is 1. The van der Waals surface area contributed by atoms with E-state index in [0.717, 1.165) is 12.2 Å². The van der Waals surface area contributed by atoms with E-state index in [4.69, 9.17) is 0 Å². The zero-order valence-electron chi connectivity index (χ0n) is 15.8. The maximum Gasteiger partial charge on any atom is 0.112 e. The van der Waals surface area contributed by atoms with Crippen molar-refractivity contribution in [2.45, 2.75) is 103 Å². The SMILES string of the molecule is Br.C=Cn1ccnc1CCCCCCCCCCCCCCCC. The van der Waals surface area contributed by atoms with Crippen LogP contribution in [0.15, 0.2) is 19.0 Å². The van der Waals surface area contributed by atoms with Crippen molar-refractivity contribution >= 4 is 23.2 Å². The lowest BCUT2D eigenvalue weighted by Gasteiger charge is -2.04. The van der Waals surface area contributed by atoms with Gasteiger partial charge in [-0.05, 0) is 6.42 Å². The Balaban J connectivity index is 0.00000529. The molecule has 0 saturated carbocycles. The zero-order valence-corrected chi connectivity index (χ0v) is 17.6. The Bertz CT molecular complexity index is 387. The fraction of sp³-hybridized carbons (Fsp3) is 0.762. The first-order chi connectivity index (χ1) is 11.4. The number of aryl methyl sites for hydroxylation is 1. The number of rotatable bonds is 16. The summed E-state index contributed by atoms with van der Waals surface area (Å²) in [5.41, 5.74) is 0. The molecular formula is C21H39BrN2. The van der Waals surface area contributed by atoms with Crippen LogP contribution in [0.25, 0.3) is 6.20 Å². The largest absolute Gasteiger partial charge is 0.311 e. The van der Waals surface area contributed by atoms with Crippen molar-refractivity contribution in [3.63, 3.8) is 0 Å². The lowest BCUT2D eigenvalue weighted by molar-refractivity contribution is 0.534. The highest BCUT2D eigenvalue weighted by Crippen LogP contribution is 2.13. The van der Waals surface area contributed by atoms with E-state index < -0.39 is 0 Å². The fourth-order valence-corrected chi connectivity index (χ4v) is 3.18. The predicted molar refractivity (Wildman–Crippen MR) is 113 cm³/mol. The summed E-state index contributed by atoms with van der Waals surface area (Å²) in [6.45, 7) is 6.09. The third kappa shape index (κ3) is 11.9. The van der Waals surface area contributed by atoms with Gasteiger partial charge in [0.15, 0.2) is 0 Å². The van der Waals surface area contributed by atoms with Crippen molar-refractivity contribution in [2.24, 2.45) is 0 Å². The van der Waals surface area contributed by atoms with Crippen molar-refractivity contribution in [1.29, 1.82) is 0 Å². The Morgan fingerprint density at radius 1 is 0.833 bits per heavy atom. The van der Waals surface area contributed by atoms with Crippen LogP contribution in [0.4, 0.5) is 0 Å². The highest BCUT2D eigenvalue weighted by Gasteiger charge is 1.99. The summed E-state index contributed by atoms with van der Waals surface area (Å²) in [5.74, 6) is 1.15. The van der Waals surface area contributed by atoms with Crippen molar-refractivity contribution in [3.05, 3.63) is 24.8 Å². The molecule has 0 aliphatic heterocycles. The zero-order chi connectivity index (χ0) is 16.6. The molecule has 140 valence electrons. The van der Waals surface area contributed by atoms with Gasteiger partial charge in [-0.1, -0.05) is 97.0 Å². The summed E-state index contributed by atoms with van der Waals surface area (Å²) in [7, 11) is 0. The van der Waals surface area contributed by atoms with Crippen LogP contribution >= 0.6 is 17.0 Å². The van der Waals surface area contributed by atoms with Crippen molar-refractivity contribution < 1.29 is 0 Å². The number of unbranched alkanes of at least 4 members (excludes halogenated alkanes) is 13. The van der Waals surface area contributed by atoms with E-state index in [1.807, 2.05) is 23.2 Å². The molecule has 0 aliphatic rings. The summed E-state index contributed by atoms with van der Waals surface area (Å²) < 4.78 is 2.03. The number of aromatic nitrogens is 2. The van der Waals surface area contributed by atoms with Gasteiger partial charge in [0, 0.05) is 25.0 Å². The van der Waals surface area contributed by atoms with Crippen LogP contribution in [0.2, 0.25) is 0 Å². The first-order valence-electron chi connectivity index (χ1n) is 10.0. The van der Waals surface area contributed by atoms with Gasteiger partial charge >= 0.3 is 0 Å². The minimum atomic E-state index is 0. The van der Waals surface area contributed by atoms with Gasteiger partial charge in [-0.2, -0.15) is 0 Å². The molecule has 0 atom stereocenters. The summed E-state index contributed by atoms with van der Waals surface area (Å²) in [5, 5.41) is 0. The molecule has 0 N–H and O–H groups in total. The molecule has 1 aromatic rings. The Morgan fingerprint density at radius 3 is 1.75 bits per heavy atom. The second kappa shape index (κ2) is 17.3. The molecule has 2 nitrogen and oxygen atoms in total. The van der Waals surface area contributed by atoms with E-state index in [1.165, 1.54) is 89.9 Å². The predicted octanol–water partition coefficient (Wildman–Crippen LogP) is 7.59. The number of imidazole rings is 1. The van der Waals surface area contributed by atoms with Crippen LogP contribution in [0.5, 0.6) is 0 Å². The Morgan fingerprint density at radius 2 is 1.29 bits per heavy atom. The first kappa shape index (κ1) is 23.4. The molecule has 0 fully saturated rings. The quantitative estimate of drug-likeness (QED) is 0.262. The Kier molecular flexibility index (Phi) is 16.8. The third-order valence-electron chi connectivity index (χ3n) is 4.70. The minimum absolute atomic E-state index is 0. The normalized spacial score (nSPS) is 10.5. The van der Waals surface area contributed by atoms with Crippen molar-refractivity contribution in [3.8, 4) is 0 Å². The molecule has 0 unspecified atom stereocenters. The fourth-order valence-electron chi connectivity index (χ4n) is 3.18. The molecule has 0 spiro atoms. The highest BCUT2D eigenvalue weighted by atomic mass is 79.9. The number of halogens is 1. The van der Waals surface area contributed by atoms with E-state index in [-0.39, 0.29) is 17.0 Å².